The molecule has 0 unspecified atom stereocenters. The summed E-state index contributed by atoms with van der Waals surface area (Å²) in [6.07, 6.45) is 10.2. The third kappa shape index (κ3) is 5.68. The molecule has 6 rings (SSSR count). The van der Waals surface area contributed by atoms with Gasteiger partial charge < -0.3 is 5.32 Å². The van der Waals surface area contributed by atoms with E-state index in [1.54, 1.807) is 4.68 Å². The van der Waals surface area contributed by atoms with Gasteiger partial charge in [-0.05, 0) is 36.5 Å². The number of hydrogen-bond donors (Lipinski definition) is 2. The van der Waals surface area contributed by atoms with Gasteiger partial charge >= 0.3 is 6.03 Å². The molecule has 1 aliphatic carbocycles. The van der Waals surface area contributed by atoms with Crippen LogP contribution in [0.1, 0.15) is 43.2 Å². The van der Waals surface area contributed by atoms with E-state index in [9.17, 15) is 4.79 Å². The van der Waals surface area contributed by atoms with Crippen LogP contribution in [0.2, 0.25) is 0 Å². The van der Waals surface area contributed by atoms with Crippen molar-refractivity contribution in [3.63, 3.8) is 0 Å². The minimum absolute atomic E-state index is 0.109. The van der Waals surface area contributed by atoms with Gasteiger partial charge in [-0.2, -0.15) is 10.2 Å². The highest BCUT2D eigenvalue weighted by atomic mass is 16.2. The van der Waals surface area contributed by atoms with Gasteiger partial charge in [-0.25, -0.2) is 9.48 Å². The summed E-state index contributed by atoms with van der Waals surface area (Å²) >= 11 is 0. The third-order valence-corrected chi connectivity index (χ3v) is 8.59. The summed E-state index contributed by atoms with van der Waals surface area (Å²) in [5.41, 5.74) is 4.85. The summed E-state index contributed by atoms with van der Waals surface area (Å²) < 4.78 is 3.59. The molecular formula is C32H39N7O. The topological polar surface area (TPSA) is 80.0 Å². The zero-order chi connectivity index (χ0) is 27.5. The van der Waals surface area contributed by atoms with Crippen LogP contribution in [0.15, 0.2) is 73.1 Å². The monoisotopic (exact) mass is 537 g/mol. The summed E-state index contributed by atoms with van der Waals surface area (Å²) in [6.45, 7) is 4.81. The Morgan fingerprint density at radius 2 is 1.70 bits per heavy atom. The van der Waals surface area contributed by atoms with Gasteiger partial charge in [0, 0.05) is 50.0 Å². The largest absolute Gasteiger partial charge is 0.333 e. The summed E-state index contributed by atoms with van der Waals surface area (Å²) in [4.78, 5) is 16.2. The molecule has 1 aliphatic heterocycles. The van der Waals surface area contributed by atoms with Crippen molar-refractivity contribution in [1.82, 2.24) is 29.8 Å². The smallest absolute Gasteiger partial charge is 0.320 e. The maximum atomic E-state index is 13.6. The van der Waals surface area contributed by atoms with E-state index in [0.717, 1.165) is 42.1 Å². The Kier molecular flexibility index (Phi) is 7.68. The minimum atomic E-state index is -0.176. The van der Waals surface area contributed by atoms with E-state index in [-0.39, 0.29) is 12.1 Å². The first-order chi connectivity index (χ1) is 19.5. The van der Waals surface area contributed by atoms with Crippen LogP contribution < -0.4 is 10.6 Å². The number of amides is 2. The number of aromatic nitrogens is 4. The highest BCUT2D eigenvalue weighted by Gasteiger charge is 2.39. The average Bonchev–Trinajstić information content (AvgIpc) is 3.67. The normalized spacial score (nSPS) is 20.1. The number of anilines is 1. The van der Waals surface area contributed by atoms with Gasteiger partial charge in [-0.15, -0.1) is 0 Å². The number of hydrogen-bond acceptors (Lipinski definition) is 4. The van der Waals surface area contributed by atoms with Gasteiger partial charge in [-0.1, -0.05) is 80.6 Å². The average molecular weight is 538 g/mol. The van der Waals surface area contributed by atoms with Crippen LogP contribution in [0.4, 0.5) is 10.6 Å². The Morgan fingerprint density at radius 3 is 2.40 bits per heavy atom. The first-order valence-electron chi connectivity index (χ1n) is 14.5. The molecule has 2 amide bonds. The molecule has 3 heterocycles. The molecule has 1 saturated carbocycles. The van der Waals surface area contributed by atoms with Crippen molar-refractivity contribution < 1.29 is 4.79 Å². The van der Waals surface area contributed by atoms with Gasteiger partial charge in [0.2, 0.25) is 0 Å². The van der Waals surface area contributed by atoms with Crippen LogP contribution in [0, 0.1) is 18.8 Å². The second kappa shape index (κ2) is 11.7. The van der Waals surface area contributed by atoms with Crippen molar-refractivity contribution >= 4 is 11.8 Å². The molecular weight excluding hydrogens is 498 g/mol. The second-order valence-corrected chi connectivity index (χ2v) is 11.4. The second-order valence-electron chi connectivity index (χ2n) is 11.4. The summed E-state index contributed by atoms with van der Waals surface area (Å²) in [7, 11) is 1.89. The first-order valence-corrected chi connectivity index (χ1v) is 14.5. The lowest BCUT2D eigenvalue weighted by Gasteiger charge is -2.31. The van der Waals surface area contributed by atoms with E-state index < -0.39 is 0 Å². The van der Waals surface area contributed by atoms with Gasteiger partial charge in [-0.3, -0.25) is 14.9 Å². The quantitative estimate of drug-likeness (QED) is 0.313. The van der Waals surface area contributed by atoms with Crippen LogP contribution in [-0.4, -0.2) is 49.6 Å². The van der Waals surface area contributed by atoms with Gasteiger partial charge in [0.15, 0.2) is 0 Å². The standard InChI is InChI=1S/C32H39N7O/c1-23-30(26-18-33-37(2)20-26)36-39(27-16-10-5-11-17-27)31(23)35-32(40)34-29-22-38(19-24-12-6-3-7-13-24)21-28(29)25-14-8-4-9-15-25/h3,5-7,10-13,16-18,20,25,28-29H,4,8-9,14-15,19,21-22H2,1-2H3,(H2,34,35,40)/t28-,29+/m0/s1. The minimum Gasteiger partial charge on any atom is -0.333 e. The first kappa shape index (κ1) is 26.3. The van der Waals surface area contributed by atoms with Crippen LogP contribution in [0.5, 0.6) is 0 Å². The number of urea groups is 1. The highest BCUT2D eigenvalue weighted by Crippen LogP contribution is 2.36. The van der Waals surface area contributed by atoms with Crippen LogP contribution in [0.25, 0.3) is 16.9 Å². The van der Waals surface area contributed by atoms with Crippen LogP contribution in [-0.2, 0) is 13.6 Å². The Hall–Kier alpha value is -3.91. The lowest BCUT2D eigenvalue weighted by molar-refractivity contribution is 0.213. The molecule has 1 saturated heterocycles. The number of rotatable bonds is 7. The van der Waals surface area contributed by atoms with E-state index >= 15 is 0 Å². The van der Waals surface area contributed by atoms with E-state index in [4.69, 9.17) is 5.10 Å². The molecule has 0 spiro atoms. The molecule has 2 N–H and O–H groups in total. The number of benzene rings is 2. The SMILES string of the molecule is Cc1c(-c2cnn(C)c2)nn(-c2ccccc2)c1NC(=O)N[C@@H]1CN(Cc2ccccc2)C[C@H]1C1CCCCC1. The van der Waals surface area contributed by atoms with Gasteiger partial charge in [0.05, 0.1) is 11.9 Å². The molecule has 2 aromatic carbocycles. The molecule has 2 aliphatic rings. The fourth-order valence-electron chi connectivity index (χ4n) is 6.61. The van der Waals surface area contributed by atoms with Crippen LogP contribution >= 0.6 is 0 Å². The fourth-order valence-corrected chi connectivity index (χ4v) is 6.61. The van der Waals surface area contributed by atoms with Crippen molar-refractivity contribution in [1.29, 1.82) is 0 Å². The zero-order valence-corrected chi connectivity index (χ0v) is 23.5. The molecule has 40 heavy (non-hydrogen) atoms. The molecule has 2 fully saturated rings. The van der Waals surface area contributed by atoms with Gasteiger partial charge in [0.25, 0.3) is 0 Å². The predicted molar refractivity (Wildman–Crippen MR) is 158 cm³/mol. The van der Waals surface area contributed by atoms with E-state index in [1.807, 2.05) is 61.4 Å². The molecule has 208 valence electrons. The summed E-state index contributed by atoms with van der Waals surface area (Å²) in [5.74, 6) is 1.80. The number of aryl methyl sites for hydroxylation is 1. The van der Waals surface area contributed by atoms with Crippen molar-refractivity contribution in [3.05, 3.63) is 84.2 Å². The lowest BCUT2D eigenvalue weighted by Crippen LogP contribution is -2.45. The Labute approximate surface area is 236 Å². The number of carbonyl (C=O) groups is 1. The predicted octanol–water partition coefficient (Wildman–Crippen LogP) is 5.78. The van der Waals surface area contributed by atoms with Gasteiger partial charge in [0.1, 0.15) is 11.5 Å². The maximum Gasteiger partial charge on any atom is 0.320 e. The van der Waals surface area contributed by atoms with Crippen molar-refractivity contribution in [3.8, 4) is 16.9 Å². The Bertz CT molecular complexity index is 1420. The number of likely N-dealkylation sites (tertiary alicyclic amines) is 1. The molecule has 0 bridgehead atoms. The number of para-hydroxylation sites is 1. The molecule has 4 aromatic rings. The van der Waals surface area contributed by atoms with Crippen molar-refractivity contribution in [2.75, 3.05) is 18.4 Å². The molecule has 8 nitrogen and oxygen atoms in total. The molecule has 2 aromatic heterocycles. The summed E-state index contributed by atoms with van der Waals surface area (Å²) in [6, 6.07) is 20.5. The maximum absolute atomic E-state index is 13.6. The third-order valence-electron chi connectivity index (χ3n) is 8.59. The Balaban J connectivity index is 1.24. The summed E-state index contributed by atoms with van der Waals surface area (Å²) in [5, 5.41) is 15.8. The molecule has 2 atom stereocenters. The zero-order valence-electron chi connectivity index (χ0n) is 23.5. The van der Waals surface area contributed by atoms with Crippen molar-refractivity contribution in [2.24, 2.45) is 18.9 Å². The molecule has 8 heteroatoms. The molecule has 0 radical (unpaired) electrons. The van der Waals surface area contributed by atoms with Crippen molar-refractivity contribution in [2.45, 2.75) is 51.6 Å². The number of nitrogens with zero attached hydrogens (tertiary/aromatic N) is 5. The Morgan fingerprint density at radius 1 is 0.975 bits per heavy atom. The lowest BCUT2D eigenvalue weighted by atomic mass is 9.78. The highest BCUT2D eigenvalue weighted by molar-refractivity contribution is 5.91. The van der Waals surface area contributed by atoms with E-state index in [1.165, 1.54) is 37.7 Å². The van der Waals surface area contributed by atoms with E-state index in [0.29, 0.717) is 17.7 Å². The fraction of sp³-hybridized carbons (Fsp3) is 0.406. The number of carbonyl (C=O) groups excluding carboxylic acids is 1. The number of nitrogens with one attached hydrogen (secondary N) is 2. The van der Waals surface area contributed by atoms with E-state index in [2.05, 4.69) is 51.0 Å². The van der Waals surface area contributed by atoms with Crippen LogP contribution in [0.3, 0.4) is 0 Å².